The van der Waals surface area contributed by atoms with Gasteiger partial charge in [0.2, 0.25) is 10.0 Å². The van der Waals surface area contributed by atoms with Crippen LogP contribution in [0.2, 0.25) is 5.02 Å². The molecule has 0 aromatic heterocycles. The maximum absolute atomic E-state index is 12.2. The summed E-state index contributed by atoms with van der Waals surface area (Å²) in [6, 6.07) is 11.9. The maximum Gasteiger partial charge on any atom is 0.242 e. The molecule has 6 heteroatoms. The summed E-state index contributed by atoms with van der Waals surface area (Å²) in [5.74, 6) is 0. The molecule has 0 unspecified atom stereocenters. The highest BCUT2D eigenvalue weighted by Crippen LogP contribution is 2.22. The number of nitrogen functional groups attached to an aromatic ring is 1. The Hall–Kier alpha value is -1.56. The summed E-state index contributed by atoms with van der Waals surface area (Å²) in [6.07, 6.45) is 0. The molecule has 0 saturated carbocycles. The van der Waals surface area contributed by atoms with Crippen molar-refractivity contribution in [2.24, 2.45) is 0 Å². The van der Waals surface area contributed by atoms with Crippen LogP contribution in [0, 0.1) is 6.92 Å². The highest BCUT2D eigenvalue weighted by atomic mass is 35.5. The van der Waals surface area contributed by atoms with Gasteiger partial charge in [-0.25, -0.2) is 13.1 Å². The molecule has 0 saturated heterocycles. The molecular formula is C14H15ClN2O2S. The van der Waals surface area contributed by atoms with E-state index in [-0.39, 0.29) is 16.5 Å². The van der Waals surface area contributed by atoms with Crippen molar-refractivity contribution in [2.45, 2.75) is 18.4 Å². The first-order valence-corrected chi connectivity index (χ1v) is 7.85. The third-order valence-electron chi connectivity index (χ3n) is 2.79. The van der Waals surface area contributed by atoms with Crippen LogP contribution in [-0.4, -0.2) is 8.42 Å². The number of nitrogens with one attached hydrogen (secondary N) is 1. The Balaban J connectivity index is 2.19. The Morgan fingerprint density at radius 2 is 1.95 bits per heavy atom. The van der Waals surface area contributed by atoms with Crippen LogP contribution < -0.4 is 10.5 Å². The van der Waals surface area contributed by atoms with Gasteiger partial charge in [0.25, 0.3) is 0 Å². The third-order valence-corrected chi connectivity index (χ3v) is 4.68. The molecule has 0 aliphatic heterocycles. The average molecular weight is 311 g/mol. The van der Waals surface area contributed by atoms with Gasteiger partial charge in [-0.2, -0.15) is 0 Å². The predicted octanol–water partition coefficient (Wildman–Crippen LogP) is 2.71. The van der Waals surface area contributed by atoms with Crippen molar-refractivity contribution in [1.29, 1.82) is 0 Å². The molecule has 4 nitrogen and oxygen atoms in total. The van der Waals surface area contributed by atoms with Crippen molar-refractivity contribution >= 4 is 27.3 Å². The molecule has 0 atom stereocenters. The summed E-state index contributed by atoms with van der Waals surface area (Å²) in [5.41, 5.74) is 7.94. The lowest BCUT2D eigenvalue weighted by Gasteiger charge is -2.09. The van der Waals surface area contributed by atoms with Crippen LogP contribution in [0.3, 0.4) is 0 Å². The lowest BCUT2D eigenvalue weighted by Crippen LogP contribution is -2.23. The molecule has 0 aliphatic rings. The fourth-order valence-corrected chi connectivity index (χ4v) is 3.40. The van der Waals surface area contributed by atoms with E-state index in [1.54, 1.807) is 36.4 Å². The van der Waals surface area contributed by atoms with Gasteiger partial charge in [-0.15, -0.1) is 0 Å². The Bertz CT molecular complexity index is 730. The summed E-state index contributed by atoms with van der Waals surface area (Å²) in [7, 11) is -3.64. The van der Waals surface area contributed by atoms with E-state index in [0.29, 0.717) is 5.69 Å². The first kappa shape index (κ1) is 14.8. The van der Waals surface area contributed by atoms with Crippen LogP contribution in [0.5, 0.6) is 0 Å². The smallest absolute Gasteiger partial charge is 0.242 e. The normalized spacial score (nSPS) is 11.5. The molecule has 2 aromatic rings. The van der Waals surface area contributed by atoms with Gasteiger partial charge in [0.15, 0.2) is 0 Å². The van der Waals surface area contributed by atoms with Gasteiger partial charge < -0.3 is 5.73 Å². The van der Waals surface area contributed by atoms with Gasteiger partial charge in [0, 0.05) is 12.2 Å². The lowest BCUT2D eigenvalue weighted by atomic mass is 10.2. The molecular weight excluding hydrogens is 296 g/mol. The van der Waals surface area contributed by atoms with Crippen LogP contribution in [0.25, 0.3) is 0 Å². The summed E-state index contributed by atoms with van der Waals surface area (Å²) in [5, 5.41) is 0.213. The van der Waals surface area contributed by atoms with Crippen LogP contribution in [0.15, 0.2) is 47.4 Å². The fraction of sp³-hybridized carbons (Fsp3) is 0.143. The number of halogens is 1. The van der Waals surface area contributed by atoms with Crippen molar-refractivity contribution < 1.29 is 8.42 Å². The highest BCUT2D eigenvalue weighted by molar-refractivity contribution is 7.89. The number of sulfonamides is 1. The van der Waals surface area contributed by atoms with Gasteiger partial charge in [-0.3, -0.25) is 0 Å². The van der Waals surface area contributed by atoms with Gasteiger partial charge in [0.1, 0.15) is 4.90 Å². The minimum atomic E-state index is -3.64. The zero-order valence-electron chi connectivity index (χ0n) is 10.9. The molecule has 0 radical (unpaired) electrons. The Morgan fingerprint density at radius 1 is 1.20 bits per heavy atom. The Kier molecular flexibility index (Phi) is 4.32. The first-order chi connectivity index (χ1) is 9.38. The lowest BCUT2D eigenvalue weighted by molar-refractivity contribution is 0.581. The number of hydrogen-bond acceptors (Lipinski definition) is 3. The molecule has 0 amide bonds. The zero-order valence-corrected chi connectivity index (χ0v) is 12.5. The van der Waals surface area contributed by atoms with E-state index in [1.807, 2.05) is 6.92 Å². The minimum absolute atomic E-state index is 0.0775. The molecule has 106 valence electrons. The molecule has 0 fully saturated rings. The van der Waals surface area contributed by atoms with Gasteiger partial charge >= 0.3 is 0 Å². The second-order valence-corrected chi connectivity index (χ2v) is 6.65. The molecule has 3 N–H and O–H groups in total. The van der Waals surface area contributed by atoms with E-state index in [2.05, 4.69) is 4.72 Å². The number of benzene rings is 2. The minimum Gasteiger partial charge on any atom is -0.399 e. The van der Waals surface area contributed by atoms with Crippen molar-refractivity contribution in [2.75, 3.05) is 5.73 Å². The van der Waals surface area contributed by atoms with Crippen LogP contribution >= 0.6 is 11.6 Å². The number of nitrogens with two attached hydrogens (primary N) is 1. The average Bonchev–Trinajstić information content (AvgIpc) is 2.36. The molecule has 0 heterocycles. The molecule has 2 aromatic carbocycles. The van der Waals surface area contributed by atoms with Crippen LogP contribution in [0.4, 0.5) is 5.69 Å². The number of aryl methyl sites for hydroxylation is 1. The molecule has 0 aliphatic carbocycles. The predicted molar refractivity (Wildman–Crippen MR) is 81.1 cm³/mol. The van der Waals surface area contributed by atoms with Crippen molar-refractivity contribution in [3.8, 4) is 0 Å². The van der Waals surface area contributed by atoms with Crippen LogP contribution in [0.1, 0.15) is 11.1 Å². The van der Waals surface area contributed by atoms with Gasteiger partial charge in [-0.1, -0.05) is 29.8 Å². The van der Waals surface area contributed by atoms with E-state index >= 15 is 0 Å². The molecule has 0 bridgehead atoms. The van der Waals surface area contributed by atoms with Gasteiger partial charge in [-0.05, 0) is 42.3 Å². The second-order valence-electron chi connectivity index (χ2n) is 4.50. The molecule has 2 rings (SSSR count). The van der Waals surface area contributed by atoms with E-state index < -0.39 is 10.0 Å². The summed E-state index contributed by atoms with van der Waals surface area (Å²) in [6.45, 7) is 2.01. The Morgan fingerprint density at radius 3 is 2.60 bits per heavy atom. The maximum atomic E-state index is 12.2. The second kappa shape index (κ2) is 5.83. The van der Waals surface area contributed by atoms with Crippen molar-refractivity contribution in [1.82, 2.24) is 4.72 Å². The quantitative estimate of drug-likeness (QED) is 0.853. The summed E-state index contributed by atoms with van der Waals surface area (Å²) in [4.78, 5) is 0.0775. The topological polar surface area (TPSA) is 72.2 Å². The van der Waals surface area contributed by atoms with E-state index in [9.17, 15) is 8.42 Å². The van der Waals surface area contributed by atoms with E-state index in [1.165, 1.54) is 6.07 Å². The first-order valence-electron chi connectivity index (χ1n) is 5.99. The summed E-state index contributed by atoms with van der Waals surface area (Å²) < 4.78 is 26.9. The standard InChI is InChI=1S/C14H15ClN2O2S/c1-10-5-6-14(13(15)7-10)20(18,19)17-9-11-3-2-4-12(16)8-11/h2-8,17H,9,16H2,1H3. The molecule has 0 spiro atoms. The van der Waals surface area contributed by atoms with Crippen LogP contribution in [-0.2, 0) is 16.6 Å². The van der Waals surface area contributed by atoms with E-state index in [4.69, 9.17) is 17.3 Å². The number of anilines is 1. The summed E-state index contributed by atoms with van der Waals surface area (Å²) >= 11 is 5.98. The van der Waals surface area contributed by atoms with Crippen molar-refractivity contribution in [3.63, 3.8) is 0 Å². The highest BCUT2D eigenvalue weighted by Gasteiger charge is 2.17. The SMILES string of the molecule is Cc1ccc(S(=O)(=O)NCc2cccc(N)c2)c(Cl)c1. The number of hydrogen-bond donors (Lipinski definition) is 2. The zero-order chi connectivity index (χ0) is 14.8. The number of rotatable bonds is 4. The van der Waals surface area contributed by atoms with Crippen molar-refractivity contribution in [3.05, 3.63) is 58.6 Å². The molecule has 20 heavy (non-hydrogen) atoms. The third kappa shape index (κ3) is 3.50. The monoisotopic (exact) mass is 310 g/mol. The van der Waals surface area contributed by atoms with Gasteiger partial charge in [0.05, 0.1) is 5.02 Å². The van der Waals surface area contributed by atoms with E-state index in [0.717, 1.165) is 11.1 Å². The fourth-order valence-electron chi connectivity index (χ4n) is 1.78. The Labute approximate surface area is 123 Å². The largest absolute Gasteiger partial charge is 0.399 e.